The zero-order valence-corrected chi connectivity index (χ0v) is 9.89. The SMILES string of the molecule is COc1ccc(C2C(N)CCCN2C)cn1. The number of pyridine rings is 1. The Kier molecular flexibility index (Phi) is 3.41. The number of hydrogen-bond donors (Lipinski definition) is 1. The van der Waals surface area contributed by atoms with Crippen molar-refractivity contribution in [1.29, 1.82) is 0 Å². The van der Waals surface area contributed by atoms with Crippen molar-refractivity contribution in [3.05, 3.63) is 23.9 Å². The van der Waals surface area contributed by atoms with Crippen molar-refractivity contribution in [1.82, 2.24) is 9.88 Å². The van der Waals surface area contributed by atoms with Gasteiger partial charge in [-0.15, -0.1) is 0 Å². The highest BCUT2D eigenvalue weighted by molar-refractivity contribution is 5.22. The maximum atomic E-state index is 6.17. The van der Waals surface area contributed by atoms with Crippen molar-refractivity contribution >= 4 is 0 Å². The number of methoxy groups -OCH3 is 1. The lowest BCUT2D eigenvalue weighted by Gasteiger charge is -2.37. The van der Waals surface area contributed by atoms with Crippen LogP contribution in [0.3, 0.4) is 0 Å². The molecular weight excluding hydrogens is 202 g/mol. The average Bonchev–Trinajstić information content (AvgIpc) is 2.30. The molecule has 0 aliphatic carbocycles. The van der Waals surface area contributed by atoms with Gasteiger partial charge in [0.25, 0.3) is 0 Å². The van der Waals surface area contributed by atoms with E-state index < -0.39 is 0 Å². The molecule has 2 unspecified atom stereocenters. The molecular formula is C12H19N3O. The Hall–Kier alpha value is -1.13. The molecule has 0 saturated carbocycles. The fraction of sp³-hybridized carbons (Fsp3) is 0.583. The van der Waals surface area contributed by atoms with Gasteiger partial charge in [-0.25, -0.2) is 4.98 Å². The maximum Gasteiger partial charge on any atom is 0.212 e. The predicted octanol–water partition coefficient (Wildman–Crippen LogP) is 1.18. The fourth-order valence-electron chi connectivity index (χ4n) is 2.39. The molecule has 1 aromatic heterocycles. The summed E-state index contributed by atoms with van der Waals surface area (Å²) >= 11 is 0. The van der Waals surface area contributed by atoms with Crippen molar-refractivity contribution in [2.75, 3.05) is 20.7 Å². The second-order valence-electron chi connectivity index (χ2n) is 4.37. The second-order valence-corrected chi connectivity index (χ2v) is 4.37. The van der Waals surface area contributed by atoms with E-state index in [1.807, 2.05) is 12.3 Å². The predicted molar refractivity (Wildman–Crippen MR) is 63.4 cm³/mol. The van der Waals surface area contributed by atoms with E-state index in [0.717, 1.165) is 13.0 Å². The maximum absolute atomic E-state index is 6.17. The van der Waals surface area contributed by atoms with E-state index in [2.05, 4.69) is 23.0 Å². The first-order valence-electron chi connectivity index (χ1n) is 5.68. The Morgan fingerprint density at radius 3 is 2.88 bits per heavy atom. The lowest BCUT2D eigenvalue weighted by molar-refractivity contribution is 0.162. The largest absolute Gasteiger partial charge is 0.481 e. The minimum absolute atomic E-state index is 0.203. The molecule has 0 aromatic carbocycles. The summed E-state index contributed by atoms with van der Waals surface area (Å²) in [6, 6.07) is 4.43. The van der Waals surface area contributed by atoms with E-state index in [4.69, 9.17) is 10.5 Å². The Labute approximate surface area is 96.4 Å². The second kappa shape index (κ2) is 4.80. The number of ether oxygens (including phenoxy) is 1. The van der Waals surface area contributed by atoms with Gasteiger partial charge in [0, 0.05) is 18.3 Å². The summed E-state index contributed by atoms with van der Waals surface area (Å²) in [7, 11) is 3.74. The number of likely N-dealkylation sites (N-methyl/N-ethyl adjacent to an activating group) is 1. The van der Waals surface area contributed by atoms with Crippen LogP contribution in [0, 0.1) is 0 Å². The molecule has 1 fully saturated rings. The van der Waals surface area contributed by atoms with Crippen LogP contribution in [0.1, 0.15) is 24.4 Å². The molecule has 88 valence electrons. The van der Waals surface area contributed by atoms with Gasteiger partial charge in [-0.2, -0.15) is 0 Å². The highest BCUT2D eigenvalue weighted by atomic mass is 16.5. The van der Waals surface area contributed by atoms with Crippen LogP contribution in [0.2, 0.25) is 0 Å². The number of aromatic nitrogens is 1. The Morgan fingerprint density at radius 2 is 2.31 bits per heavy atom. The van der Waals surface area contributed by atoms with Crippen LogP contribution < -0.4 is 10.5 Å². The third kappa shape index (κ3) is 2.18. The first-order valence-corrected chi connectivity index (χ1v) is 5.68. The molecule has 0 spiro atoms. The summed E-state index contributed by atoms with van der Waals surface area (Å²) < 4.78 is 5.05. The van der Waals surface area contributed by atoms with Crippen molar-refractivity contribution in [3.63, 3.8) is 0 Å². The van der Waals surface area contributed by atoms with Crippen molar-refractivity contribution in [2.24, 2.45) is 5.73 Å². The zero-order chi connectivity index (χ0) is 11.5. The van der Waals surface area contributed by atoms with Crippen LogP contribution in [-0.2, 0) is 0 Å². The summed E-state index contributed by atoms with van der Waals surface area (Å²) in [5.74, 6) is 0.649. The van der Waals surface area contributed by atoms with Crippen LogP contribution >= 0.6 is 0 Å². The lowest BCUT2D eigenvalue weighted by Crippen LogP contribution is -2.43. The third-order valence-electron chi connectivity index (χ3n) is 3.24. The fourth-order valence-corrected chi connectivity index (χ4v) is 2.39. The molecule has 0 radical (unpaired) electrons. The highest BCUT2D eigenvalue weighted by Gasteiger charge is 2.27. The van der Waals surface area contributed by atoms with Gasteiger partial charge >= 0.3 is 0 Å². The molecule has 2 heterocycles. The zero-order valence-electron chi connectivity index (χ0n) is 9.89. The number of nitrogens with two attached hydrogens (primary N) is 1. The van der Waals surface area contributed by atoms with Crippen LogP contribution in [0.4, 0.5) is 0 Å². The van der Waals surface area contributed by atoms with Crippen LogP contribution in [0.25, 0.3) is 0 Å². The molecule has 0 amide bonds. The minimum atomic E-state index is 0.203. The quantitative estimate of drug-likeness (QED) is 0.815. The molecule has 1 aliphatic heterocycles. The van der Waals surface area contributed by atoms with Gasteiger partial charge in [0.2, 0.25) is 5.88 Å². The van der Waals surface area contributed by atoms with E-state index in [9.17, 15) is 0 Å². The van der Waals surface area contributed by atoms with Crippen molar-refractivity contribution in [3.8, 4) is 5.88 Å². The number of piperidine rings is 1. The van der Waals surface area contributed by atoms with Gasteiger partial charge < -0.3 is 10.5 Å². The standard InChI is InChI=1S/C12H19N3O/c1-15-7-3-4-10(13)12(15)9-5-6-11(16-2)14-8-9/h5-6,8,10,12H,3-4,7,13H2,1-2H3. The van der Waals surface area contributed by atoms with E-state index in [0.29, 0.717) is 5.88 Å². The number of rotatable bonds is 2. The molecule has 4 heteroatoms. The summed E-state index contributed by atoms with van der Waals surface area (Å²) in [6.07, 6.45) is 4.13. The van der Waals surface area contributed by atoms with Crippen molar-refractivity contribution in [2.45, 2.75) is 24.9 Å². The molecule has 1 saturated heterocycles. The molecule has 2 atom stereocenters. The summed E-state index contributed by atoms with van der Waals surface area (Å²) in [6.45, 7) is 1.10. The van der Waals surface area contributed by atoms with E-state index in [1.54, 1.807) is 7.11 Å². The van der Waals surface area contributed by atoms with Crippen LogP contribution in [0.5, 0.6) is 5.88 Å². The third-order valence-corrected chi connectivity index (χ3v) is 3.24. The molecule has 4 nitrogen and oxygen atoms in total. The molecule has 2 N–H and O–H groups in total. The molecule has 0 bridgehead atoms. The Morgan fingerprint density at radius 1 is 1.50 bits per heavy atom. The van der Waals surface area contributed by atoms with E-state index in [1.165, 1.54) is 12.0 Å². The lowest BCUT2D eigenvalue weighted by atomic mass is 9.92. The molecule has 2 rings (SSSR count). The monoisotopic (exact) mass is 221 g/mol. The Bertz CT molecular complexity index is 329. The normalized spacial score (nSPS) is 26.7. The van der Waals surface area contributed by atoms with E-state index in [-0.39, 0.29) is 12.1 Å². The highest BCUT2D eigenvalue weighted by Crippen LogP contribution is 2.28. The number of nitrogens with zero attached hydrogens (tertiary/aromatic N) is 2. The van der Waals surface area contributed by atoms with Crippen LogP contribution in [0.15, 0.2) is 18.3 Å². The first kappa shape index (κ1) is 11.4. The molecule has 1 aliphatic rings. The summed E-state index contributed by atoms with van der Waals surface area (Å²) in [5.41, 5.74) is 7.35. The average molecular weight is 221 g/mol. The topological polar surface area (TPSA) is 51.4 Å². The number of hydrogen-bond acceptors (Lipinski definition) is 4. The van der Waals surface area contributed by atoms with Gasteiger partial charge in [-0.1, -0.05) is 6.07 Å². The van der Waals surface area contributed by atoms with E-state index >= 15 is 0 Å². The minimum Gasteiger partial charge on any atom is -0.481 e. The smallest absolute Gasteiger partial charge is 0.212 e. The van der Waals surface area contributed by atoms with Gasteiger partial charge in [0.1, 0.15) is 0 Å². The number of likely N-dealkylation sites (tertiary alicyclic amines) is 1. The Balaban J connectivity index is 2.20. The van der Waals surface area contributed by atoms with Gasteiger partial charge in [0.05, 0.1) is 13.2 Å². The van der Waals surface area contributed by atoms with Gasteiger partial charge in [-0.3, -0.25) is 4.90 Å². The summed E-state index contributed by atoms with van der Waals surface area (Å²) in [5, 5.41) is 0. The van der Waals surface area contributed by atoms with Crippen molar-refractivity contribution < 1.29 is 4.74 Å². The van der Waals surface area contributed by atoms with Gasteiger partial charge in [0.15, 0.2) is 0 Å². The van der Waals surface area contributed by atoms with Crippen LogP contribution in [-0.4, -0.2) is 36.6 Å². The van der Waals surface area contributed by atoms with Gasteiger partial charge in [-0.05, 0) is 32.0 Å². The molecule has 16 heavy (non-hydrogen) atoms. The first-order chi connectivity index (χ1) is 7.72. The molecule has 1 aromatic rings. The summed E-state index contributed by atoms with van der Waals surface area (Å²) in [4.78, 5) is 6.54.